The molecule has 4 atom stereocenters. The summed E-state index contributed by atoms with van der Waals surface area (Å²) >= 11 is 0. The van der Waals surface area contributed by atoms with Gasteiger partial charge in [0.05, 0.1) is 6.04 Å². The summed E-state index contributed by atoms with van der Waals surface area (Å²) in [4.78, 5) is 32.8. The van der Waals surface area contributed by atoms with Gasteiger partial charge in [0, 0.05) is 31.2 Å². The van der Waals surface area contributed by atoms with Crippen molar-refractivity contribution >= 4 is 11.8 Å². The molecule has 1 aliphatic carbocycles. The van der Waals surface area contributed by atoms with Gasteiger partial charge in [0.2, 0.25) is 5.91 Å². The molecule has 6 rings (SSSR count). The molecule has 0 aromatic heterocycles. The lowest BCUT2D eigenvalue weighted by Gasteiger charge is -2.54. The molecule has 3 saturated heterocycles. The highest BCUT2D eigenvalue weighted by molar-refractivity contribution is 6.00. The molecular formula is C25H31N3O2. The van der Waals surface area contributed by atoms with Gasteiger partial charge in [-0.25, -0.2) is 0 Å². The van der Waals surface area contributed by atoms with E-state index in [4.69, 9.17) is 0 Å². The van der Waals surface area contributed by atoms with Gasteiger partial charge in [-0.3, -0.25) is 14.5 Å². The number of benzene rings is 1. The van der Waals surface area contributed by atoms with Gasteiger partial charge in [-0.15, -0.1) is 0 Å². The quantitative estimate of drug-likeness (QED) is 0.711. The molecule has 0 N–H and O–H groups in total. The minimum atomic E-state index is 0.00394. The van der Waals surface area contributed by atoms with Crippen LogP contribution in [0.15, 0.2) is 35.9 Å². The molecule has 5 nitrogen and oxygen atoms in total. The molecule has 0 saturated carbocycles. The predicted molar refractivity (Wildman–Crippen MR) is 115 cm³/mol. The van der Waals surface area contributed by atoms with Gasteiger partial charge in [0.25, 0.3) is 5.91 Å². The van der Waals surface area contributed by atoms with Crippen LogP contribution in [0.1, 0.15) is 54.4 Å². The summed E-state index contributed by atoms with van der Waals surface area (Å²) in [6.45, 7) is 3.96. The van der Waals surface area contributed by atoms with E-state index in [0.717, 1.165) is 43.1 Å². The Morgan fingerprint density at radius 3 is 2.90 bits per heavy atom. The average molecular weight is 406 g/mol. The molecule has 5 aliphatic rings. The van der Waals surface area contributed by atoms with Crippen LogP contribution in [0.2, 0.25) is 0 Å². The molecular weight excluding hydrogens is 374 g/mol. The average Bonchev–Trinajstić information content (AvgIpc) is 3.09. The number of nitrogens with zero attached hydrogens (tertiary/aromatic N) is 3. The van der Waals surface area contributed by atoms with Crippen LogP contribution in [0.25, 0.3) is 0 Å². The first-order chi connectivity index (χ1) is 14.7. The second-order valence-corrected chi connectivity index (χ2v) is 9.91. The van der Waals surface area contributed by atoms with E-state index in [1.165, 1.54) is 37.8 Å². The van der Waals surface area contributed by atoms with Crippen molar-refractivity contribution in [1.82, 2.24) is 14.7 Å². The Hall–Kier alpha value is -2.14. The number of carbonyl (C=O) groups excluding carboxylic acids is 2. The van der Waals surface area contributed by atoms with Crippen LogP contribution in [0.5, 0.6) is 0 Å². The summed E-state index contributed by atoms with van der Waals surface area (Å²) in [7, 11) is 0. The lowest BCUT2D eigenvalue weighted by Crippen LogP contribution is -2.60. The standard InChI is InChI=1S/C25H31N3O2/c29-23(16-27-14-18-6-1-2-8-21(18)25(27)30)28-11-5-7-17-12-19-13-20(24(17)28)15-26-10-4-3-9-22(19)26/h1-2,6,8,12,19-20,22,24H,3-5,7,9-11,13-16H2/t19-,20-,22-,24-/m0/s1. The molecule has 0 spiro atoms. The van der Waals surface area contributed by atoms with E-state index in [9.17, 15) is 9.59 Å². The van der Waals surface area contributed by atoms with Crippen molar-refractivity contribution in [2.75, 3.05) is 26.2 Å². The number of amides is 2. The fourth-order valence-corrected chi connectivity index (χ4v) is 6.95. The fraction of sp³-hybridized carbons (Fsp3) is 0.600. The molecule has 3 fully saturated rings. The van der Waals surface area contributed by atoms with Crippen LogP contribution in [-0.4, -0.2) is 64.8 Å². The van der Waals surface area contributed by atoms with Crippen molar-refractivity contribution in [3.05, 3.63) is 47.0 Å². The fourth-order valence-electron chi connectivity index (χ4n) is 6.95. The maximum absolute atomic E-state index is 13.4. The highest BCUT2D eigenvalue weighted by Crippen LogP contribution is 2.45. The van der Waals surface area contributed by atoms with Crippen LogP contribution in [0, 0.1) is 11.8 Å². The second kappa shape index (κ2) is 7.23. The molecule has 4 aliphatic heterocycles. The number of rotatable bonds is 2. The Labute approximate surface area is 178 Å². The van der Waals surface area contributed by atoms with Crippen molar-refractivity contribution in [2.45, 2.75) is 57.2 Å². The minimum absolute atomic E-state index is 0.00394. The Kier molecular flexibility index (Phi) is 4.48. The zero-order valence-corrected chi connectivity index (χ0v) is 17.6. The molecule has 2 bridgehead atoms. The maximum Gasteiger partial charge on any atom is 0.254 e. The molecule has 30 heavy (non-hydrogen) atoms. The third kappa shape index (κ3) is 2.93. The summed E-state index contributed by atoms with van der Waals surface area (Å²) in [6, 6.07) is 8.73. The number of carbonyl (C=O) groups is 2. The van der Waals surface area contributed by atoms with E-state index >= 15 is 0 Å². The van der Waals surface area contributed by atoms with Crippen LogP contribution in [0.3, 0.4) is 0 Å². The smallest absolute Gasteiger partial charge is 0.254 e. The highest BCUT2D eigenvalue weighted by Gasteiger charge is 2.47. The molecule has 1 aromatic carbocycles. The summed E-state index contributed by atoms with van der Waals surface area (Å²) in [5.74, 6) is 1.37. The molecule has 2 amide bonds. The van der Waals surface area contributed by atoms with E-state index in [0.29, 0.717) is 18.4 Å². The van der Waals surface area contributed by atoms with Crippen molar-refractivity contribution in [3.8, 4) is 0 Å². The van der Waals surface area contributed by atoms with Gasteiger partial charge < -0.3 is 9.80 Å². The summed E-state index contributed by atoms with van der Waals surface area (Å²) in [5.41, 5.74) is 3.31. The first-order valence-electron chi connectivity index (χ1n) is 11.8. The van der Waals surface area contributed by atoms with Crippen LogP contribution in [0.4, 0.5) is 0 Å². The van der Waals surface area contributed by atoms with Crippen molar-refractivity contribution in [3.63, 3.8) is 0 Å². The molecule has 158 valence electrons. The van der Waals surface area contributed by atoms with Crippen molar-refractivity contribution in [2.24, 2.45) is 11.8 Å². The first kappa shape index (κ1) is 18.6. The topological polar surface area (TPSA) is 43.9 Å². The van der Waals surface area contributed by atoms with Gasteiger partial charge in [-0.1, -0.05) is 36.3 Å². The van der Waals surface area contributed by atoms with Gasteiger partial charge in [-0.05, 0) is 62.1 Å². The van der Waals surface area contributed by atoms with E-state index < -0.39 is 0 Å². The molecule has 0 unspecified atom stereocenters. The zero-order chi connectivity index (χ0) is 20.2. The van der Waals surface area contributed by atoms with Gasteiger partial charge in [0.15, 0.2) is 0 Å². The lowest BCUT2D eigenvalue weighted by atomic mass is 9.68. The Morgan fingerprint density at radius 1 is 1.10 bits per heavy atom. The Morgan fingerprint density at radius 2 is 2.00 bits per heavy atom. The van der Waals surface area contributed by atoms with Crippen LogP contribution >= 0.6 is 0 Å². The summed E-state index contributed by atoms with van der Waals surface area (Å²) in [6.07, 6.45) is 10.0. The van der Waals surface area contributed by atoms with E-state index in [2.05, 4.69) is 15.9 Å². The van der Waals surface area contributed by atoms with Crippen LogP contribution in [-0.2, 0) is 11.3 Å². The summed E-state index contributed by atoms with van der Waals surface area (Å²) < 4.78 is 0. The molecule has 0 radical (unpaired) electrons. The van der Waals surface area contributed by atoms with E-state index in [1.807, 2.05) is 24.3 Å². The normalized spacial score (nSPS) is 32.9. The Bertz CT molecular complexity index is 909. The second-order valence-electron chi connectivity index (χ2n) is 9.91. The number of piperidine rings is 3. The Balaban J connectivity index is 1.22. The lowest BCUT2D eigenvalue weighted by molar-refractivity contribution is -0.137. The third-order valence-electron chi connectivity index (χ3n) is 8.20. The number of hydrogen-bond acceptors (Lipinski definition) is 3. The molecule has 4 heterocycles. The number of likely N-dealkylation sites (tertiary alicyclic amines) is 1. The summed E-state index contributed by atoms with van der Waals surface area (Å²) in [5, 5.41) is 0. The zero-order valence-electron chi connectivity index (χ0n) is 17.6. The number of hydrogen-bond donors (Lipinski definition) is 0. The molecule has 5 heteroatoms. The maximum atomic E-state index is 13.4. The number of fused-ring (bicyclic) bond motifs is 7. The molecule has 1 aromatic rings. The predicted octanol–water partition coefficient (Wildman–Crippen LogP) is 3.06. The largest absolute Gasteiger partial charge is 0.334 e. The van der Waals surface area contributed by atoms with Crippen LogP contribution < -0.4 is 0 Å². The van der Waals surface area contributed by atoms with E-state index in [-0.39, 0.29) is 24.4 Å². The third-order valence-corrected chi connectivity index (χ3v) is 8.20. The minimum Gasteiger partial charge on any atom is -0.334 e. The monoisotopic (exact) mass is 405 g/mol. The van der Waals surface area contributed by atoms with Crippen molar-refractivity contribution < 1.29 is 9.59 Å². The highest BCUT2D eigenvalue weighted by atomic mass is 16.2. The van der Waals surface area contributed by atoms with E-state index in [1.54, 1.807) is 4.90 Å². The van der Waals surface area contributed by atoms with Crippen molar-refractivity contribution in [1.29, 1.82) is 0 Å². The SMILES string of the molecule is O=C1c2ccccc2CN1CC(=O)N1CCCC2=C[C@H]3C[C@@H](CN4CCCC[C@@H]34)[C@H]21. The van der Waals surface area contributed by atoms with Gasteiger partial charge in [0.1, 0.15) is 6.54 Å². The first-order valence-corrected chi connectivity index (χ1v) is 11.8. The van der Waals surface area contributed by atoms with Gasteiger partial charge >= 0.3 is 0 Å². The van der Waals surface area contributed by atoms with Gasteiger partial charge in [-0.2, -0.15) is 0 Å².